The van der Waals surface area contributed by atoms with Gasteiger partial charge in [0.05, 0.1) is 0 Å². The normalized spacial score (nSPS) is 14.2. The largest absolute Gasteiger partial charge is 0.425 e. The third-order valence-electron chi connectivity index (χ3n) is 4.92. The summed E-state index contributed by atoms with van der Waals surface area (Å²) >= 11 is 0. The molecule has 0 radical (unpaired) electrons. The minimum absolute atomic E-state index is 0.159. The molecule has 1 N–H and O–H groups in total. The Kier molecular flexibility index (Phi) is 6.53. The van der Waals surface area contributed by atoms with E-state index in [0.717, 1.165) is 0 Å². The molecule has 0 aliphatic heterocycles. The molecule has 3 rings (SSSR count). The molecule has 0 spiro atoms. The lowest BCUT2D eigenvalue weighted by atomic mass is 9.81. The molecule has 1 atom stereocenters. The van der Waals surface area contributed by atoms with Crippen molar-refractivity contribution in [2.45, 2.75) is 24.6 Å². The van der Waals surface area contributed by atoms with Crippen molar-refractivity contribution in [1.82, 2.24) is 0 Å². The van der Waals surface area contributed by atoms with Gasteiger partial charge in [-0.25, -0.2) is 0 Å². The molecule has 5 heteroatoms. The topological polar surface area (TPSA) is 37.3 Å². The second-order valence-corrected chi connectivity index (χ2v) is 6.94. The predicted molar refractivity (Wildman–Crippen MR) is 111 cm³/mol. The smallest absolute Gasteiger partial charge is 0.372 e. The van der Waals surface area contributed by atoms with E-state index in [1.165, 1.54) is 30.3 Å². The van der Waals surface area contributed by atoms with E-state index in [2.05, 4.69) is 0 Å². The summed E-state index contributed by atoms with van der Waals surface area (Å²) in [4.78, 5) is 12.5. The summed E-state index contributed by atoms with van der Waals surface area (Å²) in [6.45, 7) is 0. The van der Waals surface area contributed by atoms with Gasteiger partial charge in [0.1, 0.15) is 0 Å². The van der Waals surface area contributed by atoms with Crippen LogP contribution in [0.25, 0.3) is 6.08 Å². The highest BCUT2D eigenvalue weighted by molar-refractivity contribution is 5.96. The molecule has 154 valence electrons. The fourth-order valence-electron chi connectivity index (χ4n) is 3.34. The third-order valence-corrected chi connectivity index (χ3v) is 4.92. The third kappa shape index (κ3) is 4.69. The highest BCUT2D eigenvalue weighted by Crippen LogP contribution is 2.46. The van der Waals surface area contributed by atoms with Crippen LogP contribution in [0.4, 0.5) is 13.2 Å². The minimum atomic E-state index is -4.97. The second-order valence-electron chi connectivity index (χ2n) is 6.94. The first-order chi connectivity index (χ1) is 14.3. The van der Waals surface area contributed by atoms with Crippen molar-refractivity contribution >= 4 is 11.9 Å². The Bertz CT molecular complexity index is 997. The summed E-state index contributed by atoms with van der Waals surface area (Å²) in [5.74, 6) is -0.285. The summed E-state index contributed by atoms with van der Waals surface area (Å²) in [6.07, 6.45) is -4.05. The van der Waals surface area contributed by atoms with Crippen LogP contribution in [0.3, 0.4) is 0 Å². The molecule has 0 aliphatic carbocycles. The molecule has 0 fully saturated rings. The molecule has 0 aromatic heterocycles. The van der Waals surface area contributed by atoms with E-state index >= 15 is 0 Å². The number of benzene rings is 3. The number of aliphatic hydroxyl groups is 1. The van der Waals surface area contributed by atoms with E-state index in [1.54, 1.807) is 66.7 Å². The molecule has 3 aromatic carbocycles. The highest BCUT2D eigenvalue weighted by atomic mass is 19.4. The first kappa shape index (κ1) is 21.5. The monoisotopic (exact) mass is 410 g/mol. The molecule has 0 amide bonds. The van der Waals surface area contributed by atoms with Gasteiger partial charge in [0.25, 0.3) is 0 Å². The second kappa shape index (κ2) is 9.09. The summed E-state index contributed by atoms with van der Waals surface area (Å²) in [7, 11) is 0. The van der Waals surface area contributed by atoms with Crippen molar-refractivity contribution in [3.63, 3.8) is 0 Å². The minimum Gasteiger partial charge on any atom is -0.372 e. The fourth-order valence-corrected chi connectivity index (χ4v) is 3.34. The zero-order chi connectivity index (χ0) is 21.6. The summed E-state index contributed by atoms with van der Waals surface area (Å²) < 4.78 is 42.6. The van der Waals surface area contributed by atoms with Gasteiger partial charge < -0.3 is 5.11 Å². The molecule has 0 saturated carbocycles. The van der Waals surface area contributed by atoms with Gasteiger partial charge in [0.15, 0.2) is 5.78 Å². The van der Waals surface area contributed by atoms with Crippen LogP contribution in [0.2, 0.25) is 0 Å². The van der Waals surface area contributed by atoms with Gasteiger partial charge in [-0.1, -0.05) is 97.1 Å². The molecule has 1 unspecified atom stereocenters. The van der Waals surface area contributed by atoms with Gasteiger partial charge >= 0.3 is 6.18 Å². The standard InChI is InChI=1S/C25H21F3O2/c26-25(27,28)24(30,21-14-8-3-9-15-21)22(18-19-10-4-1-5-11-19)16-17-23(29)20-12-6-2-7-13-20/h1-15,18,30H,16-17H2/b22-18+. The maximum absolute atomic E-state index is 14.2. The van der Waals surface area contributed by atoms with Crippen molar-refractivity contribution in [2.24, 2.45) is 0 Å². The van der Waals surface area contributed by atoms with Gasteiger partial charge in [0.2, 0.25) is 5.60 Å². The quantitative estimate of drug-likeness (QED) is 0.472. The van der Waals surface area contributed by atoms with Crippen molar-refractivity contribution < 1.29 is 23.1 Å². The van der Waals surface area contributed by atoms with Crippen LogP contribution >= 0.6 is 0 Å². The van der Waals surface area contributed by atoms with E-state index in [1.807, 2.05) is 0 Å². The average molecular weight is 410 g/mol. The molecule has 0 saturated heterocycles. The van der Waals surface area contributed by atoms with Crippen molar-refractivity contribution in [1.29, 1.82) is 0 Å². The van der Waals surface area contributed by atoms with E-state index in [0.29, 0.717) is 11.1 Å². The Balaban J connectivity index is 2.04. The van der Waals surface area contributed by atoms with Crippen LogP contribution in [-0.2, 0) is 5.60 Å². The number of Topliss-reactive ketones (excluding diaryl/α,β-unsaturated/α-hetero) is 1. The van der Waals surface area contributed by atoms with Gasteiger partial charge in [-0.15, -0.1) is 0 Å². The van der Waals surface area contributed by atoms with Gasteiger partial charge in [-0.3, -0.25) is 4.79 Å². The fraction of sp³-hybridized carbons (Fsp3) is 0.160. The number of halogens is 3. The van der Waals surface area contributed by atoms with Crippen LogP contribution in [0.5, 0.6) is 0 Å². The average Bonchev–Trinajstić information content (AvgIpc) is 2.77. The van der Waals surface area contributed by atoms with E-state index in [9.17, 15) is 23.1 Å². The lowest BCUT2D eigenvalue weighted by molar-refractivity contribution is -0.250. The number of alkyl halides is 3. The van der Waals surface area contributed by atoms with E-state index < -0.39 is 11.8 Å². The number of hydrogen-bond acceptors (Lipinski definition) is 2. The molecule has 2 nitrogen and oxygen atoms in total. The van der Waals surface area contributed by atoms with Crippen LogP contribution < -0.4 is 0 Å². The Morgan fingerprint density at radius 3 is 1.80 bits per heavy atom. The zero-order valence-corrected chi connectivity index (χ0v) is 16.1. The number of ketones is 1. The Morgan fingerprint density at radius 1 is 0.767 bits per heavy atom. The first-order valence-electron chi connectivity index (χ1n) is 9.51. The number of rotatable bonds is 7. The molecule has 0 heterocycles. The van der Waals surface area contributed by atoms with Gasteiger partial charge in [-0.05, 0) is 23.1 Å². The van der Waals surface area contributed by atoms with E-state index in [4.69, 9.17) is 0 Å². The lowest BCUT2D eigenvalue weighted by Crippen LogP contribution is -2.44. The SMILES string of the molecule is O=C(CC/C(=C\c1ccccc1)C(O)(c1ccccc1)C(F)(F)F)c1ccccc1. The van der Waals surface area contributed by atoms with Gasteiger partial charge in [0, 0.05) is 12.0 Å². The Morgan fingerprint density at radius 2 is 1.27 bits per heavy atom. The van der Waals surface area contributed by atoms with Crippen LogP contribution in [-0.4, -0.2) is 17.1 Å². The Labute approximate surface area is 173 Å². The Hall–Kier alpha value is -3.18. The number of carbonyl (C=O) groups excluding carboxylic acids is 1. The van der Waals surface area contributed by atoms with Crippen LogP contribution in [0.15, 0.2) is 96.6 Å². The first-order valence-corrected chi connectivity index (χ1v) is 9.51. The van der Waals surface area contributed by atoms with Crippen molar-refractivity contribution in [3.8, 4) is 0 Å². The molecular weight excluding hydrogens is 389 g/mol. The molecule has 0 aliphatic rings. The number of carbonyl (C=O) groups is 1. The zero-order valence-electron chi connectivity index (χ0n) is 16.1. The number of hydrogen-bond donors (Lipinski definition) is 1. The summed E-state index contributed by atoms with van der Waals surface area (Å²) in [6, 6.07) is 23.8. The van der Waals surface area contributed by atoms with Gasteiger partial charge in [-0.2, -0.15) is 13.2 Å². The predicted octanol–water partition coefficient (Wildman–Crippen LogP) is 6.18. The summed E-state index contributed by atoms with van der Waals surface area (Å²) in [5.41, 5.74) is -2.84. The molecule has 0 bridgehead atoms. The molecule has 30 heavy (non-hydrogen) atoms. The molecular formula is C25H21F3O2. The van der Waals surface area contributed by atoms with E-state index in [-0.39, 0.29) is 29.8 Å². The maximum Gasteiger partial charge on any atom is 0.425 e. The maximum atomic E-state index is 14.2. The van der Waals surface area contributed by atoms with Crippen molar-refractivity contribution in [2.75, 3.05) is 0 Å². The van der Waals surface area contributed by atoms with Crippen molar-refractivity contribution in [3.05, 3.63) is 113 Å². The highest BCUT2D eigenvalue weighted by Gasteiger charge is 2.57. The summed E-state index contributed by atoms with van der Waals surface area (Å²) in [5, 5.41) is 11.0. The van der Waals surface area contributed by atoms with Crippen LogP contribution in [0.1, 0.15) is 34.3 Å². The molecule has 3 aromatic rings. The lowest BCUT2D eigenvalue weighted by Gasteiger charge is -2.34. The van der Waals surface area contributed by atoms with Crippen LogP contribution in [0, 0.1) is 0 Å².